The molecule has 24 heavy (non-hydrogen) atoms. The lowest BCUT2D eigenvalue weighted by Crippen LogP contribution is -2.43. The third kappa shape index (κ3) is 8.22. The summed E-state index contributed by atoms with van der Waals surface area (Å²) >= 11 is 0. The van der Waals surface area contributed by atoms with Crippen LogP contribution in [0.25, 0.3) is 0 Å². The molecule has 0 heterocycles. The Bertz CT molecular complexity index is 503. The molecule has 0 fully saturated rings. The Labute approximate surface area is 139 Å². The Morgan fingerprint density at radius 3 is 2.67 bits per heavy atom. The number of aliphatic imine (C=N–C) groups is 1. The second-order valence-corrected chi connectivity index (χ2v) is 4.78. The van der Waals surface area contributed by atoms with E-state index >= 15 is 0 Å². The molecule has 11 nitrogen and oxygen atoms in total. The molecule has 0 saturated carbocycles. The minimum atomic E-state index is -1.30. The molecule has 0 rings (SSSR count). The summed E-state index contributed by atoms with van der Waals surface area (Å²) < 4.78 is 0. The fourth-order valence-corrected chi connectivity index (χ4v) is 1.96. The predicted octanol–water partition coefficient (Wildman–Crippen LogP) is -0.263. The van der Waals surface area contributed by atoms with Gasteiger partial charge in [-0.15, -0.1) is 0 Å². The minimum absolute atomic E-state index is 0.0752. The van der Waals surface area contributed by atoms with E-state index in [1.165, 1.54) is 12.2 Å². The molecule has 1 unspecified atom stereocenters. The average Bonchev–Trinajstić information content (AvgIpc) is 2.51. The Hall–Kier alpha value is -2.49. The fourth-order valence-electron chi connectivity index (χ4n) is 1.96. The Morgan fingerprint density at radius 1 is 1.54 bits per heavy atom. The number of aliphatic carboxylic acids is 1. The molecule has 0 bridgehead atoms. The van der Waals surface area contributed by atoms with Crippen molar-refractivity contribution in [1.82, 2.24) is 10.5 Å². The molecule has 136 valence electrons. The lowest BCUT2D eigenvalue weighted by molar-refractivity contribution is -0.525. The molecule has 0 aliphatic heterocycles. The van der Waals surface area contributed by atoms with Gasteiger partial charge >= 0.3 is 5.97 Å². The van der Waals surface area contributed by atoms with E-state index < -0.39 is 23.0 Å². The number of guanidine groups is 1. The number of rotatable bonds is 12. The van der Waals surface area contributed by atoms with Crippen LogP contribution in [0.3, 0.4) is 0 Å². The van der Waals surface area contributed by atoms with Crippen molar-refractivity contribution in [3.63, 3.8) is 0 Å². The number of nitrogens with one attached hydrogen (secondary N) is 1. The van der Waals surface area contributed by atoms with Crippen LogP contribution >= 0.6 is 0 Å². The zero-order valence-electron chi connectivity index (χ0n) is 13.7. The van der Waals surface area contributed by atoms with Gasteiger partial charge in [-0.2, -0.15) is 5.06 Å². The van der Waals surface area contributed by atoms with Gasteiger partial charge in [-0.25, -0.2) is 19.9 Å². The molecule has 0 spiro atoms. The first-order valence-electron chi connectivity index (χ1n) is 7.35. The number of hydroxylamine groups is 2. The van der Waals surface area contributed by atoms with Gasteiger partial charge in [-0.05, 0) is 6.42 Å². The molecule has 0 aromatic heterocycles. The summed E-state index contributed by atoms with van der Waals surface area (Å²) in [6.07, 6.45) is 2.47. The fraction of sp³-hybridized carbons (Fsp3) is 0.692. The van der Waals surface area contributed by atoms with Crippen molar-refractivity contribution in [2.45, 2.75) is 38.6 Å². The highest BCUT2D eigenvalue weighted by molar-refractivity contribution is 5.81. The monoisotopic (exact) mass is 345 g/mol. The van der Waals surface area contributed by atoms with Crippen LogP contribution in [-0.2, 0) is 14.4 Å². The van der Waals surface area contributed by atoms with Crippen LogP contribution in [0.5, 0.6) is 0 Å². The lowest BCUT2D eigenvalue weighted by atomic mass is 10.0. The van der Waals surface area contributed by atoms with E-state index in [9.17, 15) is 24.8 Å². The van der Waals surface area contributed by atoms with Crippen molar-refractivity contribution >= 4 is 17.9 Å². The SMILES string of the molecule is CCCCCN(OC)C(C(=O)O)C(=C=O)CCN=C(N)N[N+](=O)[O-]. The van der Waals surface area contributed by atoms with E-state index in [0.29, 0.717) is 13.0 Å². The molecule has 11 heteroatoms. The van der Waals surface area contributed by atoms with Gasteiger partial charge in [0.05, 0.1) is 7.11 Å². The van der Waals surface area contributed by atoms with Gasteiger partial charge in [0, 0.05) is 25.1 Å². The quantitative estimate of drug-likeness (QED) is 0.108. The van der Waals surface area contributed by atoms with Gasteiger partial charge in [-0.1, -0.05) is 25.2 Å². The first-order chi connectivity index (χ1) is 11.4. The number of carbonyl (C=O) groups is 1. The van der Waals surface area contributed by atoms with Gasteiger partial charge in [-0.3, -0.25) is 4.79 Å². The summed E-state index contributed by atoms with van der Waals surface area (Å²) in [5.41, 5.74) is 6.80. The Balaban J connectivity index is 4.94. The van der Waals surface area contributed by atoms with E-state index in [0.717, 1.165) is 12.8 Å². The van der Waals surface area contributed by atoms with Crippen LogP contribution in [-0.4, -0.2) is 59.3 Å². The standard InChI is InChI=1S/C13H23N5O6/c1-3-4-5-8-17(24-2)11(12(20)21)10(9-19)6-7-15-13(14)16-18(22)23/h11H,3-8H2,1-2H3,(H,20,21)(H3,14,15,16). The van der Waals surface area contributed by atoms with Crippen molar-refractivity contribution in [2.75, 3.05) is 20.2 Å². The van der Waals surface area contributed by atoms with Crippen molar-refractivity contribution in [1.29, 1.82) is 0 Å². The zero-order valence-corrected chi connectivity index (χ0v) is 13.7. The molecule has 0 saturated heterocycles. The number of carboxylic acids is 1. The maximum Gasteiger partial charge on any atom is 0.328 e. The molecule has 0 aliphatic rings. The largest absolute Gasteiger partial charge is 0.480 e. The van der Waals surface area contributed by atoms with Crippen molar-refractivity contribution in [3.8, 4) is 0 Å². The highest BCUT2D eigenvalue weighted by Gasteiger charge is 2.30. The second-order valence-electron chi connectivity index (χ2n) is 4.78. The highest BCUT2D eigenvalue weighted by atomic mass is 16.7. The normalized spacial score (nSPS) is 12.5. The number of nitro groups is 1. The lowest BCUT2D eigenvalue weighted by Gasteiger charge is -2.26. The van der Waals surface area contributed by atoms with E-state index in [1.807, 2.05) is 6.92 Å². The van der Waals surface area contributed by atoms with E-state index in [4.69, 9.17) is 10.6 Å². The number of hydrogen-bond acceptors (Lipinski definition) is 7. The third-order valence-corrected chi connectivity index (χ3v) is 3.07. The number of nitrogens with two attached hydrogens (primary N) is 1. The van der Waals surface area contributed by atoms with Crippen LogP contribution in [0.2, 0.25) is 0 Å². The molecule has 0 amide bonds. The minimum Gasteiger partial charge on any atom is -0.480 e. The number of hydrogen-bond donors (Lipinski definition) is 3. The number of nitrogens with zero attached hydrogens (tertiary/aromatic N) is 3. The molecule has 4 N–H and O–H groups in total. The number of hydrazine groups is 1. The Morgan fingerprint density at radius 2 is 2.21 bits per heavy atom. The number of unbranched alkanes of at least 4 members (excludes halogenated alkanes) is 2. The summed E-state index contributed by atoms with van der Waals surface area (Å²) in [6, 6.07) is -1.30. The maximum absolute atomic E-state index is 11.5. The van der Waals surface area contributed by atoms with E-state index in [2.05, 4.69) is 4.99 Å². The van der Waals surface area contributed by atoms with Gasteiger partial charge in [0.25, 0.3) is 5.96 Å². The van der Waals surface area contributed by atoms with Gasteiger partial charge in [0.1, 0.15) is 5.94 Å². The molecule has 0 aromatic carbocycles. The Kier molecular flexibility index (Phi) is 10.8. The highest BCUT2D eigenvalue weighted by Crippen LogP contribution is 2.14. The molecular formula is C13H23N5O6. The summed E-state index contributed by atoms with van der Waals surface area (Å²) in [5.74, 6) is -0.0954. The van der Waals surface area contributed by atoms with E-state index in [-0.39, 0.29) is 18.5 Å². The molecule has 0 aliphatic carbocycles. The van der Waals surface area contributed by atoms with Gasteiger partial charge in [0.2, 0.25) is 0 Å². The molecule has 0 aromatic rings. The molecule has 0 radical (unpaired) electrons. The summed E-state index contributed by atoms with van der Waals surface area (Å²) in [4.78, 5) is 41.5. The summed E-state index contributed by atoms with van der Waals surface area (Å²) in [7, 11) is 1.32. The van der Waals surface area contributed by atoms with Crippen LogP contribution in [0, 0.1) is 10.1 Å². The first kappa shape index (κ1) is 21.5. The second kappa shape index (κ2) is 12.0. The average molecular weight is 345 g/mol. The van der Waals surface area contributed by atoms with Crippen LogP contribution in [0.4, 0.5) is 0 Å². The van der Waals surface area contributed by atoms with Crippen molar-refractivity contribution in [3.05, 3.63) is 15.7 Å². The third-order valence-electron chi connectivity index (χ3n) is 3.07. The summed E-state index contributed by atoms with van der Waals surface area (Å²) in [6.45, 7) is 2.23. The summed E-state index contributed by atoms with van der Waals surface area (Å²) in [5, 5.41) is 19.9. The van der Waals surface area contributed by atoms with Crippen molar-refractivity contribution in [2.24, 2.45) is 10.7 Å². The zero-order chi connectivity index (χ0) is 18.5. The maximum atomic E-state index is 11.5. The predicted molar refractivity (Wildman–Crippen MR) is 85.1 cm³/mol. The topological polar surface area (TPSA) is 160 Å². The van der Waals surface area contributed by atoms with Gasteiger partial charge in [0.15, 0.2) is 11.1 Å². The smallest absolute Gasteiger partial charge is 0.328 e. The molecular weight excluding hydrogens is 322 g/mol. The van der Waals surface area contributed by atoms with Gasteiger partial charge < -0.3 is 15.7 Å². The van der Waals surface area contributed by atoms with E-state index in [1.54, 1.807) is 11.4 Å². The van der Waals surface area contributed by atoms with Crippen LogP contribution < -0.4 is 11.2 Å². The number of carbonyl (C=O) groups excluding carboxylic acids is 1. The number of carboxylic acid groups (broad SMARTS) is 1. The van der Waals surface area contributed by atoms with Crippen molar-refractivity contribution < 1.29 is 24.6 Å². The first-order valence-corrected chi connectivity index (χ1v) is 7.35. The van der Waals surface area contributed by atoms with Crippen LogP contribution in [0.15, 0.2) is 10.6 Å². The van der Waals surface area contributed by atoms with Crippen LogP contribution in [0.1, 0.15) is 32.6 Å². The molecule has 1 atom stereocenters.